The number of carbonyl (C=O) groups is 3. The molecule has 0 aromatic heterocycles. The SMILES string of the molecule is CNC(=O)NC(=O)[C@H](c1ccccc1)[NH+](C)CC(=O)Nc1ccc(F)cc1. The van der Waals surface area contributed by atoms with Crippen LogP contribution in [-0.4, -0.2) is 38.5 Å². The Bertz CT molecular complexity index is 796. The molecule has 0 aliphatic carbocycles. The molecule has 0 aliphatic rings. The van der Waals surface area contributed by atoms with Gasteiger partial charge in [-0.15, -0.1) is 0 Å². The number of imide groups is 1. The molecular formula is C19H22FN4O3+. The smallest absolute Gasteiger partial charge is 0.321 e. The number of nitrogens with one attached hydrogen (secondary N) is 4. The molecule has 8 heteroatoms. The van der Waals surface area contributed by atoms with Crippen molar-refractivity contribution in [3.05, 3.63) is 66.0 Å². The number of quaternary nitrogens is 1. The minimum atomic E-state index is -0.762. The van der Waals surface area contributed by atoms with Crippen molar-refractivity contribution >= 4 is 23.5 Å². The second kappa shape index (κ2) is 9.44. The second-order valence-electron chi connectivity index (χ2n) is 5.99. The van der Waals surface area contributed by atoms with Crippen molar-refractivity contribution in [3.63, 3.8) is 0 Å². The third-order valence-corrected chi connectivity index (χ3v) is 3.92. The summed E-state index contributed by atoms with van der Waals surface area (Å²) in [6, 6.07) is 12.9. The first-order valence-electron chi connectivity index (χ1n) is 8.36. The Labute approximate surface area is 156 Å². The van der Waals surface area contributed by atoms with Crippen molar-refractivity contribution in [2.75, 3.05) is 26.0 Å². The minimum Gasteiger partial charge on any atom is -0.341 e. The lowest BCUT2D eigenvalue weighted by atomic mass is 10.0. The standard InChI is InChI=1S/C19H21FN4O3/c1-21-19(27)23-18(26)17(13-6-4-3-5-7-13)24(2)12-16(25)22-15-10-8-14(20)9-11-15/h3-11,17H,12H2,1-2H3,(H,22,25)(H2,21,23,26,27)/p+1/t17-/m0/s1. The van der Waals surface area contributed by atoms with E-state index in [9.17, 15) is 18.8 Å². The van der Waals surface area contributed by atoms with Gasteiger partial charge in [-0.3, -0.25) is 14.9 Å². The summed E-state index contributed by atoms with van der Waals surface area (Å²) >= 11 is 0. The van der Waals surface area contributed by atoms with E-state index in [4.69, 9.17) is 0 Å². The van der Waals surface area contributed by atoms with Crippen molar-refractivity contribution < 1.29 is 23.7 Å². The Morgan fingerprint density at radius 1 is 1.04 bits per heavy atom. The average molecular weight is 373 g/mol. The molecule has 2 aromatic carbocycles. The van der Waals surface area contributed by atoms with E-state index in [1.54, 1.807) is 31.3 Å². The van der Waals surface area contributed by atoms with Crippen LogP contribution in [0.1, 0.15) is 11.6 Å². The fourth-order valence-electron chi connectivity index (χ4n) is 2.65. The number of hydrogen-bond donors (Lipinski definition) is 4. The third-order valence-electron chi connectivity index (χ3n) is 3.92. The molecule has 4 amide bonds. The Hall–Kier alpha value is -3.26. The zero-order valence-corrected chi connectivity index (χ0v) is 15.1. The first kappa shape index (κ1) is 20.1. The van der Waals surface area contributed by atoms with Crippen molar-refractivity contribution in [1.29, 1.82) is 0 Å². The van der Waals surface area contributed by atoms with Gasteiger partial charge < -0.3 is 15.5 Å². The number of halogens is 1. The molecule has 2 atom stereocenters. The quantitative estimate of drug-likeness (QED) is 0.593. The summed E-state index contributed by atoms with van der Waals surface area (Å²) in [6.07, 6.45) is 0. The first-order valence-corrected chi connectivity index (χ1v) is 8.36. The maximum absolute atomic E-state index is 13.0. The average Bonchev–Trinajstić information content (AvgIpc) is 2.64. The Morgan fingerprint density at radius 3 is 2.26 bits per heavy atom. The van der Waals surface area contributed by atoms with Gasteiger partial charge >= 0.3 is 6.03 Å². The first-order chi connectivity index (χ1) is 12.9. The fourth-order valence-corrected chi connectivity index (χ4v) is 2.65. The molecule has 7 nitrogen and oxygen atoms in total. The fraction of sp³-hybridized carbons (Fsp3) is 0.211. The third kappa shape index (κ3) is 5.89. The van der Waals surface area contributed by atoms with E-state index in [0.717, 1.165) is 0 Å². The molecule has 0 heterocycles. The van der Waals surface area contributed by atoms with Crippen molar-refractivity contribution in [2.45, 2.75) is 6.04 Å². The van der Waals surface area contributed by atoms with E-state index >= 15 is 0 Å². The zero-order chi connectivity index (χ0) is 19.8. The molecule has 2 rings (SSSR count). The van der Waals surface area contributed by atoms with Gasteiger partial charge in [0.1, 0.15) is 5.82 Å². The molecule has 0 radical (unpaired) electrons. The normalized spacial score (nSPS) is 12.6. The maximum Gasteiger partial charge on any atom is 0.321 e. The van der Waals surface area contributed by atoms with Crippen LogP contribution in [0.25, 0.3) is 0 Å². The number of hydrogen-bond acceptors (Lipinski definition) is 3. The van der Waals surface area contributed by atoms with E-state index < -0.39 is 23.8 Å². The van der Waals surface area contributed by atoms with Gasteiger partial charge in [0.05, 0.1) is 7.05 Å². The predicted molar refractivity (Wildman–Crippen MR) is 98.6 cm³/mol. The number of amides is 4. The summed E-state index contributed by atoms with van der Waals surface area (Å²) in [6.45, 7) is -0.0297. The summed E-state index contributed by atoms with van der Waals surface area (Å²) in [5.41, 5.74) is 1.13. The minimum absolute atomic E-state index is 0.0297. The van der Waals surface area contributed by atoms with Crippen LogP contribution in [0.2, 0.25) is 0 Å². The number of urea groups is 1. The highest BCUT2D eigenvalue weighted by Gasteiger charge is 2.31. The van der Waals surface area contributed by atoms with Crippen molar-refractivity contribution in [1.82, 2.24) is 10.6 Å². The van der Waals surface area contributed by atoms with Crippen LogP contribution in [0.4, 0.5) is 14.9 Å². The molecule has 27 heavy (non-hydrogen) atoms. The van der Waals surface area contributed by atoms with E-state index in [2.05, 4.69) is 16.0 Å². The Kier molecular flexibility index (Phi) is 7.01. The van der Waals surface area contributed by atoms with Gasteiger partial charge in [-0.05, 0) is 24.3 Å². The van der Waals surface area contributed by atoms with Gasteiger partial charge in [-0.1, -0.05) is 30.3 Å². The summed E-state index contributed by atoms with van der Waals surface area (Å²) < 4.78 is 13.0. The molecular weight excluding hydrogens is 351 g/mol. The van der Waals surface area contributed by atoms with E-state index in [0.29, 0.717) is 16.2 Å². The number of benzene rings is 2. The lowest BCUT2D eigenvalue weighted by Crippen LogP contribution is -3.11. The summed E-state index contributed by atoms with van der Waals surface area (Å²) in [5, 5.41) is 7.24. The molecule has 0 fully saturated rings. The highest BCUT2D eigenvalue weighted by Crippen LogP contribution is 2.10. The number of likely N-dealkylation sites (N-methyl/N-ethyl adjacent to an activating group) is 1. The molecule has 142 valence electrons. The zero-order valence-electron chi connectivity index (χ0n) is 15.1. The van der Waals surface area contributed by atoms with Crippen LogP contribution in [0.15, 0.2) is 54.6 Å². The van der Waals surface area contributed by atoms with Gasteiger partial charge in [-0.2, -0.15) is 0 Å². The van der Waals surface area contributed by atoms with E-state index in [1.807, 2.05) is 6.07 Å². The van der Waals surface area contributed by atoms with Crippen molar-refractivity contribution in [2.24, 2.45) is 0 Å². The van der Waals surface area contributed by atoms with Crippen LogP contribution < -0.4 is 20.9 Å². The topological polar surface area (TPSA) is 91.7 Å². The van der Waals surface area contributed by atoms with Crippen LogP contribution in [0.5, 0.6) is 0 Å². The van der Waals surface area contributed by atoms with Gasteiger partial charge in [0, 0.05) is 18.3 Å². The highest BCUT2D eigenvalue weighted by atomic mass is 19.1. The molecule has 0 saturated heterocycles. The second-order valence-corrected chi connectivity index (χ2v) is 5.99. The molecule has 4 N–H and O–H groups in total. The summed E-state index contributed by atoms with van der Waals surface area (Å²) in [5.74, 6) is -1.26. The largest absolute Gasteiger partial charge is 0.341 e. The Balaban J connectivity index is 2.11. The molecule has 0 saturated carbocycles. The van der Waals surface area contributed by atoms with Gasteiger partial charge in [-0.25, -0.2) is 9.18 Å². The summed E-state index contributed by atoms with van der Waals surface area (Å²) in [7, 11) is 3.10. The van der Waals surface area contributed by atoms with Gasteiger partial charge in [0.2, 0.25) is 0 Å². The summed E-state index contributed by atoms with van der Waals surface area (Å²) in [4.78, 5) is 37.0. The van der Waals surface area contributed by atoms with Gasteiger partial charge in [0.15, 0.2) is 12.6 Å². The van der Waals surface area contributed by atoms with E-state index in [1.165, 1.54) is 31.3 Å². The lowest BCUT2D eigenvalue weighted by Gasteiger charge is -2.24. The maximum atomic E-state index is 13.0. The van der Waals surface area contributed by atoms with Crippen LogP contribution in [0, 0.1) is 5.82 Å². The molecule has 2 aromatic rings. The van der Waals surface area contributed by atoms with E-state index in [-0.39, 0.29) is 12.5 Å². The molecule has 0 bridgehead atoms. The van der Waals surface area contributed by atoms with Crippen molar-refractivity contribution in [3.8, 4) is 0 Å². The van der Waals surface area contributed by atoms with Gasteiger partial charge in [0.25, 0.3) is 11.8 Å². The number of anilines is 1. The number of rotatable bonds is 6. The number of carbonyl (C=O) groups excluding carboxylic acids is 3. The predicted octanol–water partition coefficient (Wildman–Crippen LogP) is 0.476. The monoisotopic (exact) mass is 373 g/mol. The Morgan fingerprint density at radius 2 is 1.67 bits per heavy atom. The highest BCUT2D eigenvalue weighted by molar-refractivity contribution is 5.97. The molecule has 0 aliphatic heterocycles. The van der Waals surface area contributed by atoms with Crippen LogP contribution >= 0.6 is 0 Å². The lowest BCUT2D eigenvalue weighted by molar-refractivity contribution is -0.894. The van der Waals surface area contributed by atoms with Crippen LogP contribution in [0.3, 0.4) is 0 Å². The molecule has 0 spiro atoms. The van der Waals surface area contributed by atoms with Crippen LogP contribution in [-0.2, 0) is 9.59 Å². The molecule has 1 unspecified atom stereocenters.